The minimum atomic E-state index is -0.516. The molecule has 2 heterocycles. The van der Waals surface area contributed by atoms with E-state index in [4.69, 9.17) is 0 Å². The summed E-state index contributed by atoms with van der Waals surface area (Å²) < 4.78 is 0.466. The Morgan fingerprint density at radius 2 is 2.07 bits per heavy atom. The van der Waals surface area contributed by atoms with Crippen LogP contribution in [0.25, 0.3) is 5.82 Å². The average molecular weight is 270 g/mol. The van der Waals surface area contributed by atoms with Gasteiger partial charge in [-0.05, 0) is 15.9 Å². The van der Waals surface area contributed by atoms with Crippen LogP contribution in [-0.2, 0) is 0 Å². The maximum absolute atomic E-state index is 10.5. The van der Waals surface area contributed by atoms with E-state index in [-0.39, 0.29) is 5.69 Å². The van der Waals surface area contributed by atoms with Gasteiger partial charge in [0, 0.05) is 6.07 Å². The molecular formula is C7H4BrN5O2. The molecule has 0 amide bonds. The van der Waals surface area contributed by atoms with Gasteiger partial charge >= 0.3 is 0 Å². The first-order chi connectivity index (χ1) is 7.18. The molecule has 2 aromatic heterocycles. The normalized spacial score (nSPS) is 10.2. The van der Waals surface area contributed by atoms with E-state index in [1.54, 1.807) is 0 Å². The fraction of sp³-hybridized carbons (Fsp3) is 0. The zero-order valence-corrected chi connectivity index (χ0v) is 8.83. The van der Waals surface area contributed by atoms with Gasteiger partial charge < -0.3 is 0 Å². The van der Waals surface area contributed by atoms with E-state index in [0.29, 0.717) is 10.3 Å². The van der Waals surface area contributed by atoms with Crippen molar-refractivity contribution in [2.24, 2.45) is 0 Å². The number of rotatable bonds is 2. The molecular weight excluding hydrogens is 266 g/mol. The van der Waals surface area contributed by atoms with E-state index >= 15 is 0 Å². The van der Waals surface area contributed by atoms with Gasteiger partial charge in [-0.15, -0.1) is 4.80 Å². The topological polar surface area (TPSA) is 86.7 Å². The van der Waals surface area contributed by atoms with E-state index in [0.717, 1.165) is 6.20 Å². The van der Waals surface area contributed by atoms with E-state index in [1.807, 2.05) is 0 Å². The van der Waals surface area contributed by atoms with Crippen molar-refractivity contribution in [3.8, 4) is 5.82 Å². The fourth-order valence-corrected chi connectivity index (χ4v) is 1.49. The SMILES string of the molecule is O=[N+]([O-])c1cnc(-n2nccn2)c(Br)c1. The van der Waals surface area contributed by atoms with Gasteiger partial charge in [-0.2, -0.15) is 10.2 Å². The quantitative estimate of drug-likeness (QED) is 0.606. The lowest BCUT2D eigenvalue weighted by atomic mass is 10.4. The highest BCUT2D eigenvalue weighted by Gasteiger charge is 2.12. The number of aromatic nitrogens is 4. The standard InChI is InChI=1S/C7H4BrN5O2/c8-6-3-5(13(14)15)4-9-7(6)12-10-1-2-11-12/h1-4H. The fourth-order valence-electron chi connectivity index (χ4n) is 0.993. The predicted octanol–water partition coefficient (Wildman–Crippen LogP) is 1.33. The van der Waals surface area contributed by atoms with Gasteiger partial charge in [0.15, 0.2) is 5.82 Å². The molecule has 7 nitrogen and oxygen atoms in total. The Morgan fingerprint density at radius 3 is 2.60 bits per heavy atom. The predicted molar refractivity (Wildman–Crippen MR) is 53.5 cm³/mol. The third-order valence-corrected chi connectivity index (χ3v) is 2.21. The molecule has 0 spiro atoms. The molecule has 0 N–H and O–H groups in total. The molecule has 0 aliphatic heterocycles. The Hall–Kier alpha value is -1.83. The molecule has 0 atom stereocenters. The molecule has 2 aromatic rings. The second kappa shape index (κ2) is 3.73. The van der Waals surface area contributed by atoms with Crippen LogP contribution in [-0.4, -0.2) is 24.9 Å². The number of hydrogen-bond acceptors (Lipinski definition) is 5. The lowest BCUT2D eigenvalue weighted by molar-refractivity contribution is -0.385. The van der Waals surface area contributed by atoms with Crippen molar-refractivity contribution in [3.05, 3.63) is 39.2 Å². The minimum absolute atomic E-state index is 0.0854. The van der Waals surface area contributed by atoms with Gasteiger partial charge in [-0.1, -0.05) is 0 Å². The molecule has 0 aliphatic carbocycles. The molecule has 0 unspecified atom stereocenters. The highest BCUT2D eigenvalue weighted by atomic mass is 79.9. The number of nitrogens with zero attached hydrogens (tertiary/aromatic N) is 5. The summed E-state index contributed by atoms with van der Waals surface area (Å²) in [6.07, 6.45) is 4.15. The zero-order valence-electron chi connectivity index (χ0n) is 7.24. The third kappa shape index (κ3) is 1.84. The van der Waals surface area contributed by atoms with Crippen LogP contribution in [0.5, 0.6) is 0 Å². The number of nitro groups is 1. The zero-order chi connectivity index (χ0) is 10.8. The number of halogens is 1. The molecule has 0 saturated heterocycles. The smallest absolute Gasteiger partial charge is 0.258 e. The molecule has 0 saturated carbocycles. The summed E-state index contributed by atoms with van der Waals surface area (Å²) in [4.78, 5) is 15.1. The van der Waals surface area contributed by atoms with Crippen molar-refractivity contribution in [1.82, 2.24) is 20.0 Å². The summed E-state index contributed by atoms with van der Waals surface area (Å²) in [5.41, 5.74) is -0.0854. The average Bonchev–Trinajstić information content (AvgIpc) is 2.70. The summed E-state index contributed by atoms with van der Waals surface area (Å²) in [5, 5.41) is 18.2. The summed E-state index contributed by atoms with van der Waals surface area (Å²) in [7, 11) is 0. The van der Waals surface area contributed by atoms with Crippen molar-refractivity contribution in [2.75, 3.05) is 0 Å². The molecule has 2 rings (SSSR count). The lowest BCUT2D eigenvalue weighted by Gasteiger charge is -2.00. The molecule has 76 valence electrons. The van der Waals surface area contributed by atoms with Crippen molar-refractivity contribution >= 4 is 21.6 Å². The van der Waals surface area contributed by atoms with Crippen molar-refractivity contribution < 1.29 is 4.92 Å². The second-order valence-electron chi connectivity index (χ2n) is 2.57. The Morgan fingerprint density at radius 1 is 1.40 bits per heavy atom. The monoisotopic (exact) mass is 269 g/mol. The van der Waals surface area contributed by atoms with Crippen LogP contribution in [0.1, 0.15) is 0 Å². The van der Waals surface area contributed by atoms with E-state index in [9.17, 15) is 10.1 Å². The van der Waals surface area contributed by atoms with E-state index in [1.165, 1.54) is 23.3 Å². The Labute approximate surface area is 92.0 Å². The van der Waals surface area contributed by atoms with E-state index in [2.05, 4.69) is 31.1 Å². The minimum Gasteiger partial charge on any atom is -0.258 e. The highest BCUT2D eigenvalue weighted by molar-refractivity contribution is 9.10. The Kier molecular flexibility index (Phi) is 2.42. The van der Waals surface area contributed by atoms with Crippen LogP contribution in [0.2, 0.25) is 0 Å². The van der Waals surface area contributed by atoms with Crippen LogP contribution in [0.4, 0.5) is 5.69 Å². The molecule has 15 heavy (non-hydrogen) atoms. The van der Waals surface area contributed by atoms with Crippen LogP contribution in [0.3, 0.4) is 0 Å². The lowest BCUT2D eigenvalue weighted by Crippen LogP contribution is -2.03. The first kappa shape index (κ1) is 9.71. The summed E-state index contributed by atoms with van der Waals surface area (Å²) in [6, 6.07) is 1.35. The molecule has 0 radical (unpaired) electrons. The summed E-state index contributed by atoms with van der Waals surface area (Å²) >= 11 is 3.17. The third-order valence-electron chi connectivity index (χ3n) is 1.63. The van der Waals surface area contributed by atoms with E-state index < -0.39 is 4.92 Å². The van der Waals surface area contributed by atoms with Gasteiger partial charge in [0.25, 0.3) is 5.69 Å². The van der Waals surface area contributed by atoms with Crippen molar-refractivity contribution in [1.29, 1.82) is 0 Å². The summed E-state index contributed by atoms with van der Waals surface area (Å²) in [5.74, 6) is 0.408. The Balaban J connectivity index is 2.48. The maximum Gasteiger partial charge on any atom is 0.288 e. The molecule has 0 aromatic carbocycles. The molecule has 0 bridgehead atoms. The maximum atomic E-state index is 10.5. The van der Waals surface area contributed by atoms with Gasteiger partial charge in [-0.3, -0.25) is 10.1 Å². The van der Waals surface area contributed by atoms with Crippen LogP contribution in [0, 0.1) is 10.1 Å². The van der Waals surface area contributed by atoms with Gasteiger partial charge in [0.05, 0.1) is 21.8 Å². The first-order valence-corrected chi connectivity index (χ1v) is 4.64. The van der Waals surface area contributed by atoms with Gasteiger partial charge in [-0.25, -0.2) is 4.98 Å². The first-order valence-electron chi connectivity index (χ1n) is 3.85. The van der Waals surface area contributed by atoms with Gasteiger partial charge in [0.2, 0.25) is 0 Å². The largest absolute Gasteiger partial charge is 0.288 e. The van der Waals surface area contributed by atoms with Crippen LogP contribution >= 0.6 is 15.9 Å². The number of pyridine rings is 1. The van der Waals surface area contributed by atoms with Crippen LogP contribution < -0.4 is 0 Å². The van der Waals surface area contributed by atoms with Crippen molar-refractivity contribution in [2.45, 2.75) is 0 Å². The highest BCUT2D eigenvalue weighted by Crippen LogP contribution is 2.22. The number of hydrogen-bond donors (Lipinski definition) is 0. The molecule has 0 aliphatic rings. The Bertz CT molecular complexity index is 498. The van der Waals surface area contributed by atoms with Crippen LogP contribution in [0.15, 0.2) is 29.1 Å². The molecule has 0 fully saturated rings. The second-order valence-corrected chi connectivity index (χ2v) is 3.43. The van der Waals surface area contributed by atoms with Gasteiger partial charge in [0.1, 0.15) is 6.20 Å². The summed E-state index contributed by atoms with van der Waals surface area (Å²) in [6.45, 7) is 0. The van der Waals surface area contributed by atoms with Crippen molar-refractivity contribution in [3.63, 3.8) is 0 Å². The molecule has 8 heteroatoms.